The minimum Gasteiger partial charge on any atom is -0.481 e. The van der Waals surface area contributed by atoms with Crippen molar-refractivity contribution in [3.8, 4) is 0 Å². The first-order chi connectivity index (χ1) is 10.5. The lowest BCUT2D eigenvalue weighted by Crippen LogP contribution is -2.41. The van der Waals surface area contributed by atoms with E-state index in [4.69, 9.17) is 15.6 Å². The SMILES string of the molecule is Cc1ccc(N)c(C)c1C[C@@H](CC(=O)O)NC(=O)OC(C)(C)C. The summed E-state index contributed by atoms with van der Waals surface area (Å²) >= 11 is 0. The van der Waals surface area contributed by atoms with Crippen LogP contribution in [-0.4, -0.2) is 28.8 Å². The molecule has 1 atom stereocenters. The number of benzene rings is 1. The highest BCUT2D eigenvalue weighted by Gasteiger charge is 2.22. The number of alkyl carbamates (subject to hydrolysis) is 1. The quantitative estimate of drug-likeness (QED) is 0.724. The lowest BCUT2D eigenvalue weighted by atomic mass is 9.94. The van der Waals surface area contributed by atoms with Gasteiger partial charge in [-0.25, -0.2) is 4.79 Å². The van der Waals surface area contributed by atoms with E-state index in [0.29, 0.717) is 12.1 Å². The Balaban J connectivity index is 2.94. The number of nitrogens with one attached hydrogen (secondary N) is 1. The number of nitrogens with two attached hydrogens (primary N) is 1. The lowest BCUT2D eigenvalue weighted by molar-refractivity contribution is -0.137. The van der Waals surface area contributed by atoms with Crippen LogP contribution in [0.2, 0.25) is 0 Å². The van der Waals surface area contributed by atoms with Gasteiger partial charge in [-0.15, -0.1) is 0 Å². The highest BCUT2D eigenvalue weighted by Crippen LogP contribution is 2.22. The number of aliphatic carboxylic acids is 1. The maximum Gasteiger partial charge on any atom is 0.407 e. The fraction of sp³-hybridized carbons (Fsp3) is 0.529. The second-order valence-electron chi connectivity index (χ2n) is 6.72. The number of amides is 1. The second kappa shape index (κ2) is 7.35. The van der Waals surface area contributed by atoms with E-state index in [9.17, 15) is 9.59 Å². The largest absolute Gasteiger partial charge is 0.481 e. The number of nitrogen functional groups attached to an aromatic ring is 1. The fourth-order valence-corrected chi connectivity index (χ4v) is 2.33. The van der Waals surface area contributed by atoms with Gasteiger partial charge in [0, 0.05) is 11.7 Å². The molecule has 23 heavy (non-hydrogen) atoms. The van der Waals surface area contributed by atoms with Gasteiger partial charge in [0.05, 0.1) is 6.42 Å². The summed E-state index contributed by atoms with van der Waals surface area (Å²) in [4.78, 5) is 23.0. The zero-order chi connectivity index (χ0) is 17.8. The first kappa shape index (κ1) is 18.8. The third kappa shape index (κ3) is 6.18. The van der Waals surface area contributed by atoms with Crippen molar-refractivity contribution < 1.29 is 19.4 Å². The van der Waals surface area contributed by atoms with Gasteiger partial charge >= 0.3 is 12.1 Å². The summed E-state index contributed by atoms with van der Waals surface area (Å²) in [6, 6.07) is 3.14. The van der Waals surface area contributed by atoms with Crippen LogP contribution in [-0.2, 0) is 16.0 Å². The zero-order valence-corrected chi connectivity index (χ0v) is 14.4. The zero-order valence-electron chi connectivity index (χ0n) is 14.4. The van der Waals surface area contributed by atoms with Crippen molar-refractivity contribution in [3.05, 3.63) is 28.8 Å². The number of aryl methyl sites for hydroxylation is 1. The van der Waals surface area contributed by atoms with Gasteiger partial charge in [-0.2, -0.15) is 0 Å². The van der Waals surface area contributed by atoms with Gasteiger partial charge in [0.1, 0.15) is 5.60 Å². The number of hydrogen-bond donors (Lipinski definition) is 3. The highest BCUT2D eigenvalue weighted by molar-refractivity contribution is 5.71. The monoisotopic (exact) mass is 322 g/mol. The topological polar surface area (TPSA) is 102 Å². The van der Waals surface area contributed by atoms with Gasteiger partial charge in [-0.1, -0.05) is 6.07 Å². The standard InChI is InChI=1S/C17H26N2O4/c1-10-6-7-14(18)11(2)13(10)8-12(9-15(20)21)19-16(22)23-17(3,4)5/h6-7,12H,8-9,18H2,1-5H3,(H,19,22)(H,20,21)/t12-/m0/s1. The summed E-state index contributed by atoms with van der Waals surface area (Å²) in [5.74, 6) is -0.981. The van der Waals surface area contributed by atoms with E-state index in [1.807, 2.05) is 26.0 Å². The summed E-state index contributed by atoms with van der Waals surface area (Å²) in [6.07, 6.45) is -0.427. The number of ether oxygens (including phenoxy) is 1. The summed E-state index contributed by atoms with van der Waals surface area (Å²) in [7, 11) is 0. The van der Waals surface area contributed by atoms with E-state index in [2.05, 4.69) is 5.32 Å². The van der Waals surface area contributed by atoms with Crippen LogP contribution < -0.4 is 11.1 Å². The van der Waals surface area contributed by atoms with Crippen LogP contribution >= 0.6 is 0 Å². The molecule has 1 rings (SSSR count). The molecule has 0 unspecified atom stereocenters. The minimum atomic E-state index is -0.981. The Hall–Kier alpha value is -2.24. The number of carbonyl (C=O) groups excluding carboxylic acids is 1. The van der Waals surface area contributed by atoms with Crippen LogP contribution in [0.4, 0.5) is 10.5 Å². The summed E-state index contributed by atoms with van der Waals surface area (Å²) in [6.45, 7) is 9.09. The van der Waals surface area contributed by atoms with Crippen molar-refractivity contribution >= 4 is 17.7 Å². The Kier molecular flexibility index (Phi) is 6.01. The van der Waals surface area contributed by atoms with Gasteiger partial charge in [0.15, 0.2) is 0 Å². The van der Waals surface area contributed by atoms with E-state index in [1.54, 1.807) is 20.8 Å². The predicted octanol–water partition coefficient (Wildman–Crippen LogP) is 2.80. The number of anilines is 1. The average Bonchev–Trinajstić information content (AvgIpc) is 2.36. The van der Waals surface area contributed by atoms with Crippen LogP contribution in [0.1, 0.15) is 43.9 Å². The Bertz CT molecular complexity index is 591. The summed E-state index contributed by atoms with van der Waals surface area (Å²) < 4.78 is 5.20. The first-order valence-electron chi connectivity index (χ1n) is 7.55. The van der Waals surface area contributed by atoms with Crippen molar-refractivity contribution in [2.24, 2.45) is 0 Å². The molecule has 0 saturated heterocycles. The van der Waals surface area contributed by atoms with Crippen molar-refractivity contribution in [2.45, 2.75) is 59.1 Å². The van der Waals surface area contributed by atoms with Crippen LogP contribution in [0, 0.1) is 13.8 Å². The minimum absolute atomic E-state index is 0.188. The van der Waals surface area contributed by atoms with Crippen LogP contribution in [0.5, 0.6) is 0 Å². The van der Waals surface area contributed by atoms with E-state index in [0.717, 1.165) is 16.7 Å². The smallest absolute Gasteiger partial charge is 0.407 e. The Morgan fingerprint density at radius 1 is 1.30 bits per heavy atom. The molecule has 128 valence electrons. The maximum absolute atomic E-state index is 11.9. The third-order valence-corrected chi connectivity index (χ3v) is 3.47. The lowest BCUT2D eigenvalue weighted by Gasteiger charge is -2.24. The molecule has 1 amide bonds. The van der Waals surface area contributed by atoms with Crippen LogP contribution in [0.3, 0.4) is 0 Å². The number of carboxylic acid groups (broad SMARTS) is 1. The van der Waals surface area contributed by atoms with Gasteiger partial charge in [-0.05, 0) is 63.8 Å². The molecule has 4 N–H and O–H groups in total. The predicted molar refractivity (Wildman–Crippen MR) is 89.4 cm³/mol. The van der Waals surface area contributed by atoms with Gasteiger partial charge < -0.3 is 20.9 Å². The molecule has 0 aliphatic carbocycles. The number of carbonyl (C=O) groups is 2. The molecule has 0 saturated carbocycles. The molecular weight excluding hydrogens is 296 g/mol. The maximum atomic E-state index is 11.9. The molecule has 0 heterocycles. The number of hydrogen-bond acceptors (Lipinski definition) is 4. The van der Waals surface area contributed by atoms with Gasteiger partial charge in [0.25, 0.3) is 0 Å². The van der Waals surface area contributed by atoms with Crippen LogP contribution in [0.15, 0.2) is 12.1 Å². The normalized spacial score (nSPS) is 12.6. The molecule has 6 nitrogen and oxygen atoms in total. The second-order valence-corrected chi connectivity index (χ2v) is 6.72. The van der Waals surface area contributed by atoms with E-state index in [-0.39, 0.29) is 6.42 Å². The van der Waals surface area contributed by atoms with E-state index < -0.39 is 23.7 Å². The van der Waals surface area contributed by atoms with E-state index in [1.165, 1.54) is 0 Å². The molecule has 0 aromatic heterocycles. The molecule has 1 aromatic carbocycles. The van der Waals surface area contributed by atoms with Gasteiger partial charge in [-0.3, -0.25) is 4.79 Å². The van der Waals surface area contributed by atoms with Crippen molar-refractivity contribution in [1.82, 2.24) is 5.32 Å². The molecule has 0 radical (unpaired) electrons. The Labute approximate surface area is 137 Å². The molecule has 6 heteroatoms. The van der Waals surface area contributed by atoms with Crippen molar-refractivity contribution in [1.29, 1.82) is 0 Å². The molecular formula is C17H26N2O4. The third-order valence-electron chi connectivity index (χ3n) is 3.47. The van der Waals surface area contributed by atoms with E-state index >= 15 is 0 Å². The van der Waals surface area contributed by atoms with Crippen molar-refractivity contribution in [2.75, 3.05) is 5.73 Å². The molecule has 0 spiro atoms. The number of carboxylic acids is 1. The average molecular weight is 322 g/mol. The van der Waals surface area contributed by atoms with Crippen LogP contribution in [0.25, 0.3) is 0 Å². The first-order valence-corrected chi connectivity index (χ1v) is 7.55. The number of rotatable bonds is 5. The molecule has 0 fully saturated rings. The van der Waals surface area contributed by atoms with Crippen molar-refractivity contribution in [3.63, 3.8) is 0 Å². The summed E-state index contributed by atoms with van der Waals surface area (Å²) in [5.41, 5.74) is 8.81. The fourth-order valence-electron chi connectivity index (χ4n) is 2.33. The Morgan fingerprint density at radius 3 is 2.43 bits per heavy atom. The summed E-state index contributed by atoms with van der Waals surface area (Å²) in [5, 5.41) is 11.7. The van der Waals surface area contributed by atoms with Gasteiger partial charge in [0.2, 0.25) is 0 Å². The highest BCUT2D eigenvalue weighted by atomic mass is 16.6. The molecule has 1 aromatic rings. The molecule has 0 bridgehead atoms. The molecule has 0 aliphatic heterocycles. The molecule has 0 aliphatic rings. The Morgan fingerprint density at radius 2 is 1.91 bits per heavy atom.